The number of ether oxygens (including phenoxy) is 1. The number of benzene rings is 1. The SMILES string of the molecule is CCOC(=O)CN(c1ccc(C23CC4CC(CC(C4)C2)C3)cc1)S(C)(=O)=O. The first kappa shape index (κ1) is 18.8. The number of nitrogens with zero attached hydrogens (tertiary/aromatic N) is 1. The Hall–Kier alpha value is -1.56. The van der Waals surface area contributed by atoms with Crippen LogP contribution in [0.1, 0.15) is 51.0 Å². The lowest BCUT2D eigenvalue weighted by atomic mass is 9.48. The topological polar surface area (TPSA) is 63.7 Å². The average Bonchev–Trinajstić information content (AvgIpc) is 2.58. The Labute approximate surface area is 162 Å². The molecule has 6 heteroatoms. The minimum absolute atomic E-state index is 0.237. The van der Waals surface area contributed by atoms with Crippen LogP contribution in [-0.2, 0) is 25.0 Å². The highest BCUT2D eigenvalue weighted by atomic mass is 32.2. The van der Waals surface area contributed by atoms with E-state index in [-0.39, 0.29) is 18.6 Å². The van der Waals surface area contributed by atoms with Crippen LogP contribution < -0.4 is 4.31 Å². The van der Waals surface area contributed by atoms with Crippen LogP contribution in [-0.4, -0.2) is 33.8 Å². The van der Waals surface area contributed by atoms with Crippen molar-refractivity contribution in [2.24, 2.45) is 17.8 Å². The van der Waals surface area contributed by atoms with Gasteiger partial charge < -0.3 is 4.74 Å². The van der Waals surface area contributed by atoms with Gasteiger partial charge in [0.25, 0.3) is 0 Å². The molecule has 0 aromatic heterocycles. The minimum Gasteiger partial charge on any atom is -0.465 e. The molecule has 4 aliphatic carbocycles. The molecule has 0 amide bonds. The first-order chi connectivity index (χ1) is 12.8. The molecule has 27 heavy (non-hydrogen) atoms. The summed E-state index contributed by atoms with van der Waals surface area (Å²) in [5.41, 5.74) is 2.15. The van der Waals surface area contributed by atoms with Crippen LogP contribution in [0.4, 0.5) is 5.69 Å². The van der Waals surface area contributed by atoms with Gasteiger partial charge in [0.1, 0.15) is 6.54 Å². The lowest BCUT2D eigenvalue weighted by Gasteiger charge is -2.57. The number of rotatable bonds is 6. The van der Waals surface area contributed by atoms with Gasteiger partial charge in [-0.25, -0.2) is 8.42 Å². The molecule has 5 rings (SSSR count). The van der Waals surface area contributed by atoms with Crippen LogP contribution in [0.15, 0.2) is 24.3 Å². The number of esters is 1. The largest absolute Gasteiger partial charge is 0.465 e. The second-order valence-corrected chi connectivity index (χ2v) is 10.7. The molecule has 0 aliphatic heterocycles. The lowest BCUT2D eigenvalue weighted by molar-refractivity contribution is -0.141. The molecule has 4 bridgehead atoms. The molecule has 148 valence electrons. The summed E-state index contributed by atoms with van der Waals surface area (Å²) >= 11 is 0. The van der Waals surface area contributed by atoms with Gasteiger partial charge in [0.15, 0.2) is 0 Å². The summed E-state index contributed by atoms with van der Waals surface area (Å²) < 4.78 is 30.5. The summed E-state index contributed by atoms with van der Waals surface area (Å²) in [6.07, 6.45) is 9.15. The van der Waals surface area contributed by atoms with E-state index < -0.39 is 16.0 Å². The highest BCUT2D eigenvalue weighted by molar-refractivity contribution is 7.92. The maximum absolute atomic E-state index is 12.2. The van der Waals surface area contributed by atoms with E-state index in [1.165, 1.54) is 44.1 Å². The Morgan fingerprint density at radius 3 is 2.04 bits per heavy atom. The predicted molar refractivity (Wildman–Crippen MR) is 105 cm³/mol. The van der Waals surface area contributed by atoms with Crippen LogP contribution in [0.2, 0.25) is 0 Å². The normalized spacial score (nSPS) is 31.7. The standard InChI is InChI=1S/C21H29NO4S/c1-3-26-20(23)14-22(27(2,24)25)19-6-4-18(5-7-19)21-11-15-8-16(12-21)10-17(9-15)13-21/h4-7,15-17H,3,8-14H2,1-2H3. The zero-order valence-electron chi connectivity index (χ0n) is 16.2. The molecule has 4 aliphatic rings. The molecule has 0 spiro atoms. The number of hydrogen-bond acceptors (Lipinski definition) is 4. The van der Waals surface area contributed by atoms with E-state index in [1.807, 2.05) is 12.1 Å². The molecule has 0 unspecified atom stereocenters. The van der Waals surface area contributed by atoms with Gasteiger partial charge in [0, 0.05) is 0 Å². The van der Waals surface area contributed by atoms with Crippen molar-refractivity contribution in [2.45, 2.75) is 50.9 Å². The molecule has 1 aromatic carbocycles. The van der Waals surface area contributed by atoms with E-state index in [2.05, 4.69) is 12.1 Å². The van der Waals surface area contributed by atoms with Gasteiger partial charge in [-0.2, -0.15) is 0 Å². The quantitative estimate of drug-likeness (QED) is 0.697. The highest BCUT2D eigenvalue weighted by Gasteiger charge is 2.51. The van der Waals surface area contributed by atoms with Crippen molar-refractivity contribution in [1.82, 2.24) is 0 Å². The molecule has 4 saturated carbocycles. The van der Waals surface area contributed by atoms with Crippen LogP contribution >= 0.6 is 0 Å². The fraction of sp³-hybridized carbons (Fsp3) is 0.667. The minimum atomic E-state index is -3.56. The second-order valence-electron chi connectivity index (χ2n) is 8.82. The summed E-state index contributed by atoms with van der Waals surface area (Å²) in [6, 6.07) is 7.89. The van der Waals surface area contributed by atoms with Crippen LogP contribution in [0.25, 0.3) is 0 Å². The third-order valence-electron chi connectivity index (χ3n) is 6.78. The Balaban J connectivity index is 1.58. The van der Waals surface area contributed by atoms with Crippen LogP contribution in [0.5, 0.6) is 0 Å². The number of anilines is 1. The lowest BCUT2D eigenvalue weighted by Crippen LogP contribution is -2.48. The molecule has 0 radical (unpaired) electrons. The van der Waals surface area contributed by atoms with E-state index in [9.17, 15) is 13.2 Å². The van der Waals surface area contributed by atoms with Crippen molar-refractivity contribution in [3.63, 3.8) is 0 Å². The summed E-state index contributed by atoms with van der Waals surface area (Å²) in [5.74, 6) is 2.07. The maximum atomic E-state index is 12.2. The fourth-order valence-corrected chi connectivity index (χ4v) is 7.01. The van der Waals surface area contributed by atoms with Gasteiger partial charge in [-0.1, -0.05) is 12.1 Å². The summed E-state index contributed by atoms with van der Waals surface area (Å²) in [5, 5.41) is 0. The smallest absolute Gasteiger partial charge is 0.326 e. The van der Waals surface area contributed by atoms with Gasteiger partial charge in [-0.3, -0.25) is 9.10 Å². The zero-order valence-corrected chi connectivity index (χ0v) is 17.0. The maximum Gasteiger partial charge on any atom is 0.326 e. The average molecular weight is 392 g/mol. The van der Waals surface area contributed by atoms with Gasteiger partial charge in [0.05, 0.1) is 18.6 Å². The molecule has 0 heterocycles. The Morgan fingerprint density at radius 1 is 1.07 bits per heavy atom. The van der Waals surface area contributed by atoms with E-state index in [0.717, 1.165) is 28.3 Å². The molecular formula is C21H29NO4S. The number of carbonyl (C=O) groups excluding carboxylic acids is 1. The van der Waals surface area contributed by atoms with E-state index in [1.54, 1.807) is 6.92 Å². The molecule has 0 N–H and O–H groups in total. The van der Waals surface area contributed by atoms with E-state index >= 15 is 0 Å². The van der Waals surface area contributed by atoms with Crippen molar-refractivity contribution >= 4 is 21.7 Å². The van der Waals surface area contributed by atoms with Gasteiger partial charge in [0.2, 0.25) is 10.0 Å². The molecule has 0 atom stereocenters. The monoisotopic (exact) mass is 391 g/mol. The molecule has 5 nitrogen and oxygen atoms in total. The van der Waals surface area contributed by atoms with Crippen molar-refractivity contribution < 1.29 is 17.9 Å². The van der Waals surface area contributed by atoms with Gasteiger partial charge in [-0.15, -0.1) is 0 Å². The zero-order chi connectivity index (χ0) is 19.2. The van der Waals surface area contributed by atoms with Crippen molar-refractivity contribution in [3.05, 3.63) is 29.8 Å². The van der Waals surface area contributed by atoms with Gasteiger partial charge in [-0.05, 0) is 86.3 Å². The van der Waals surface area contributed by atoms with Crippen molar-refractivity contribution in [2.75, 3.05) is 23.7 Å². The Kier molecular flexibility index (Phi) is 4.73. The van der Waals surface area contributed by atoms with Crippen molar-refractivity contribution in [1.29, 1.82) is 0 Å². The molecule has 0 saturated heterocycles. The van der Waals surface area contributed by atoms with Crippen LogP contribution in [0.3, 0.4) is 0 Å². The molecule has 4 fully saturated rings. The summed E-state index contributed by atoms with van der Waals surface area (Å²) in [4.78, 5) is 11.8. The number of hydrogen-bond donors (Lipinski definition) is 0. The number of sulfonamides is 1. The predicted octanol–water partition coefficient (Wildman–Crippen LogP) is 3.48. The summed E-state index contributed by atoms with van der Waals surface area (Å²) in [7, 11) is -3.56. The van der Waals surface area contributed by atoms with E-state index in [0.29, 0.717) is 5.69 Å². The molecular weight excluding hydrogens is 362 g/mol. The third kappa shape index (κ3) is 3.60. The Morgan fingerprint density at radius 2 is 1.59 bits per heavy atom. The fourth-order valence-electron chi connectivity index (χ4n) is 6.17. The first-order valence-electron chi connectivity index (χ1n) is 10.0. The van der Waals surface area contributed by atoms with Crippen molar-refractivity contribution in [3.8, 4) is 0 Å². The third-order valence-corrected chi connectivity index (χ3v) is 7.92. The van der Waals surface area contributed by atoms with Gasteiger partial charge >= 0.3 is 5.97 Å². The van der Waals surface area contributed by atoms with Crippen LogP contribution in [0, 0.1) is 17.8 Å². The number of carbonyl (C=O) groups is 1. The second kappa shape index (κ2) is 6.80. The summed E-state index contributed by atoms with van der Waals surface area (Å²) in [6.45, 7) is 1.66. The van der Waals surface area contributed by atoms with E-state index in [4.69, 9.17) is 4.74 Å². The first-order valence-corrected chi connectivity index (χ1v) is 11.9. The Bertz CT molecular complexity index is 780. The molecule has 1 aromatic rings. The highest BCUT2D eigenvalue weighted by Crippen LogP contribution is 2.60.